The van der Waals surface area contributed by atoms with Gasteiger partial charge in [-0.1, -0.05) is 11.6 Å². The lowest BCUT2D eigenvalue weighted by Crippen LogP contribution is -2.33. The quantitative estimate of drug-likeness (QED) is 0.768. The van der Waals surface area contributed by atoms with E-state index in [0.29, 0.717) is 0 Å². The van der Waals surface area contributed by atoms with Gasteiger partial charge in [0.25, 0.3) is 5.56 Å². The summed E-state index contributed by atoms with van der Waals surface area (Å²) >= 11 is 5.78. The molecule has 0 spiro atoms. The number of nitrogens with zero attached hydrogens (tertiary/aromatic N) is 1. The number of H-pyrrole nitrogens is 1. The Morgan fingerprint density at radius 3 is 2.71 bits per heavy atom. The second-order valence-electron chi connectivity index (χ2n) is 3.42. The number of benzene rings is 1. The lowest BCUT2D eigenvalue weighted by molar-refractivity contribution is 0.112. The van der Waals surface area contributed by atoms with Crippen LogP contribution in [-0.4, -0.2) is 15.8 Å². The van der Waals surface area contributed by atoms with Crippen LogP contribution in [0.2, 0.25) is 5.02 Å². The van der Waals surface area contributed by atoms with E-state index in [2.05, 4.69) is 4.98 Å². The Balaban J connectivity index is 3.17. The molecule has 0 aliphatic rings. The summed E-state index contributed by atoms with van der Waals surface area (Å²) in [6, 6.07) is 1.05. The summed E-state index contributed by atoms with van der Waals surface area (Å²) in [7, 11) is 1.24. The summed E-state index contributed by atoms with van der Waals surface area (Å²) in [5, 5.41) is -0.239. The van der Waals surface area contributed by atoms with Gasteiger partial charge in [-0.3, -0.25) is 14.2 Å². The number of fused-ring (bicyclic) bond motifs is 1. The van der Waals surface area contributed by atoms with Crippen LogP contribution in [0.25, 0.3) is 10.9 Å². The highest BCUT2D eigenvalue weighted by Gasteiger charge is 2.16. The summed E-state index contributed by atoms with van der Waals surface area (Å²) < 4.78 is 14.5. The minimum absolute atomic E-state index is 0.0830. The van der Waals surface area contributed by atoms with E-state index in [4.69, 9.17) is 11.6 Å². The standard InChI is InChI=1S/C10H6ClFN2O3/c1-14-9(16)6-5(11)2-4(3-15)7(12)8(6)13-10(14)17/h2-3H,1H3,(H,13,17). The molecule has 1 aromatic carbocycles. The zero-order valence-corrected chi connectivity index (χ0v) is 9.34. The zero-order valence-electron chi connectivity index (χ0n) is 8.58. The molecule has 7 heteroatoms. The predicted octanol–water partition coefficient (Wildman–Crippen LogP) is 0.832. The van der Waals surface area contributed by atoms with Crippen molar-refractivity contribution < 1.29 is 9.18 Å². The first-order valence-electron chi connectivity index (χ1n) is 4.53. The molecule has 1 heterocycles. The highest BCUT2D eigenvalue weighted by molar-refractivity contribution is 6.35. The summed E-state index contributed by atoms with van der Waals surface area (Å²) in [5.41, 5.74) is -2.16. The van der Waals surface area contributed by atoms with Crippen LogP contribution in [-0.2, 0) is 7.05 Å². The molecule has 0 aliphatic carbocycles. The fraction of sp³-hybridized carbons (Fsp3) is 0.100. The Kier molecular flexibility index (Phi) is 2.59. The number of aldehydes is 1. The molecule has 0 saturated heterocycles. The average Bonchev–Trinajstić information content (AvgIpc) is 2.30. The summed E-state index contributed by atoms with van der Waals surface area (Å²) in [6.45, 7) is 0. The number of hydrogen-bond acceptors (Lipinski definition) is 3. The number of nitrogens with one attached hydrogen (secondary N) is 1. The van der Waals surface area contributed by atoms with Crippen LogP contribution in [0.3, 0.4) is 0 Å². The molecule has 1 N–H and O–H groups in total. The lowest BCUT2D eigenvalue weighted by atomic mass is 10.1. The first kappa shape index (κ1) is 11.5. The second kappa shape index (κ2) is 3.81. The topological polar surface area (TPSA) is 71.9 Å². The lowest BCUT2D eigenvalue weighted by Gasteiger charge is -2.05. The van der Waals surface area contributed by atoms with E-state index in [1.165, 1.54) is 7.05 Å². The van der Waals surface area contributed by atoms with E-state index in [-0.39, 0.29) is 27.8 Å². The summed E-state index contributed by atoms with van der Waals surface area (Å²) in [5.74, 6) is -0.964. The molecule has 0 amide bonds. The van der Waals surface area contributed by atoms with Gasteiger partial charge in [0.1, 0.15) is 0 Å². The van der Waals surface area contributed by atoms with E-state index in [1.54, 1.807) is 0 Å². The van der Waals surface area contributed by atoms with Gasteiger partial charge in [-0.15, -0.1) is 0 Å². The molecule has 1 aromatic heterocycles. The number of aromatic nitrogens is 2. The number of aromatic amines is 1. The van der Waals surface area contributed by atoms with Crippen molar-refractivity contribution in [1.29, 1.82) is 0 Å². The van der Waals surface area contributed by atoms with Crippen molar-refractivity contribution in [2.24, 2.45) is 7.05 Å². The molecular formula is C10H6ClFN2O3. The first-order chi connectivity index (χ1) is 7.97. The normalized spacial score (nSPS) is 10.8. The van der Waals surface area contributed by atoms with Gasteiger partial charge in [-0.25, -0.2) is 9.18 Å². The zero-order chi connectivity index (χ0) is 12.7. The monoisotopic (exact) mass is 256 g/mol. The van der Waals surface area contributed by atoms with E-state index < -0.39 is 17.1 Å². The molecule has 88 valence electrons. The Bertz CT molecular complexity index is 748. The van der Waals surface area contributed by atoms with E-state index in [0.717, 1.165) is 10.6 Å². The Labute approximate surface area is 98.4 Å². The third-order valence-corrected chi connectivity index (χ3v) is 2.72. The summed E-state index contributed by atoms with van der Waals surface area (Å²) in [6.07, 6.45) is 0.260. The maximum Gasteiger partial charge on any atom is 0.328 e. The van der Waals surface area contributed by atoms with Crippen LogP contribution in [0.5, 0.6) is 0 Å². The molecule has 0 unspecified atom stereocenters. The number of carbonyl (C=O) groups is 1. The molecule has 5 nitrogen and oxygen atoms in total. The molecule has 2 aromatic rings. The van der Waals surface area contributed by atoms with Crippen LogP contribution in [0.15, 0.2) is 15.7 Å². The van der Waals surface area contributed by atoms with Gasteiger partial charge in [0.2, 0.25) is 0 Å². The van der Waals surface area contributed by atoms with Gasteiger partial charge in [-0.2, -0.15) is 0 Å². The molecule has 0 aliphatic heterocycles. The maximum absolute atomic E-state index is 13.7. The largest absolute Gasteiger partial charge is 0.328 e. The fourth-order valence-corrected chi connectivity index (χ4v) is 1.80. The van der Waals surface area contributed by atoms with Crippen molar-refractivity contribution in [3.63, 3.8) is 0 Å². The van der Waals surface area contributed by atoms with Gasteiger partial charge in [0.05, 0.1) is 21.5 Å². The van der Waals surface area contributed by atoms with Gasteiger partial charge < -0.3 is 4.98 Å². The van der Waals surface area contributed by atoms with Gasteiger partial charge in [-0.05, 0) is 6.07 Å². The Hall–Kier alpha value is -1.95. The highest BCUT2D eigenvalue weighted by Crippen LogP contribution is 2.23. The summed E-state index contributed by atoms with van der Waals surface area (Å²) in [4.78, 5) is 35.8. The van der Waals surface area contributed by atoms with Gasteiger partial charge >= 0.3 is 5.69 Å². The van der Waals surface area contributed by atoms with Gasteiger partial charge in [0, 0.05) is 7.05 Å². The van der Waals surface area contributed by atoms with Crippen LogP contribution < -0.4 is 11.2 Å². The van der Waals surface area contributed by atoms with Crippen molar-refractivity contribution in [2.75, 3.05) is 0 Å². The van der Waals surface area contributed by atoms with E-state index >= 15 is 0 Å². The third kappa shape index (κ3) is 1.57. The van der Waals surface area contributed by atoms with Crippen molar-refractivity contribution in [1.82, 2.24) is 9.55 Å². The fourth-order valence-electron chi connectivity index (χ4n) is 1.51. The van der Waals surface area contributed by atoms with Gasteiger partial charge in [0.15, 0.2) is 12.1 Å². The van der Waals surface area contributed by atoms with E-state index in [9.17, 15) is 18.8 Å². The number of rotatable bonds is 1. The molecule has 0 fully saturated rings. The smallest absolute Gasteiger partial charge is 0.304 e. The SMILES string of the molecule is Cn1c(=O)[nH]c2c(F)c(C=O)cc(Cl)c2c1=O. The van der Waals surface area contributed by atoms with Crippen molar-refractivity contribution in [3.05, 3.63) is 43.3 Å². The third-order valence-electron chi connectivity index (χ3n) is 2.43. The van der Waals surface area contributed by atoms with Crippen molar-refractivity contribution >= 4 is 28.8 Å². The second-order valence-corrected chi connectivity index (χ2v) is 3.83. The predicted molar refractivity (Wildman–Crippen MR) is 60.2 cm³/mol. The molecule has 0 radical (unpaired) electrons. The molecular weight excluding hydrogens is 251 g/mol. The van der Waals surface area contributed by atoms with Crippen molar-refractivity contribution in [3.8, 4) is 0 Å². The molecule has 0 bridgehead atoms. The minimum Gasteiger partial charge on any atom is -0.304 e. The maximum atomic E-state index is 13.7. The molecule has 0 saturated carbocycles. The van der Waals surface area contributed by atoms with Crippen LogP contribution in [0.1, 0.15) is 10.4 Å². The molecule has 0 atom stereocenters. The molecule has 2 rings (SSSR count). The van der Waals surface area contributed by atoms with Crippen LogP contribution >= 0.6 is 11.6 Å². The van der Waals surface area contributed by atoms with E-state index in [1.807, 2.05) is 0 Å². The molecule has 17 heavy (non-hydrogen) atoms. The highest BCUT2D eigenvalue weighted by atomic mass is 35.5. The average molecular weight is 257 g/mol. The van der Waals surface area contributed by atoms with Crippen LogP contribution in [0.4, 0.5) is 4.39 Å². The first-order valence-corrected chi connectivity index (χ1v) is 4.91. The Morgan fingerprint density at radius 2 is 2.12 bits per heavy atom. The Morgan fingerprint density at radius 1 is 1.47 bits per heavy atom. The number of hydrogen-bond donors (Lipinski definition) is 1. The number of carbonyl (C=O) groups excluding carboxylic acids is 1. The minimum atomic E-state index is -0.964. The number of halogens is 2. The van der Waals surface area contributed by atoms with Crippen LogP contribution in [0, 0.1) is 5.82 Å². The van der Waals surface area contributed by atoms with Crippen molar-refractivity contribution in [2.45, 2.75) is 0 Å².